The van der Waals surface area contributed by atoms with Crippen molar-refractivity contribution in [2.45, 2.75) is 20.0 Å². The van der Waals surface area contributed by atoms with Crippen LogP contribution in [0.3, 0.4) is 0 Å². The molecule has 1 aliphatic heterocycles. The average Bonchev–Trinajstić information content (AvgIpc) is 2.83. The van der Waals surface area contributed by atoms with Crippen LogP contribution < -0.4 is 14.4 Å². The topological polar surface area (TPSA) is 54.0 Å². The van der Waals surface area contributed by atoms with Gasteiger partial charge in [0.15, 0.2) is 11.5 Å². The number of nitrogens with zero attached hydrogens (tertiary/aromatic N) is 5. The minimum absolute atomic E-state index is 0.704. The molecule has 0 bridgehead atoms. The Kier molecular flexibility index (Phi) is 7.07. The second-order valence-corrected chi connectivity index (χ2v) is 8.24. The molecule has 7 heteroatoms. The van der Waals surface area contributed by atoms with Gasteiger partial charge in [0.2, 0.25) is 0 Å². The van der Waals surface area contributed by atoms with Crippen molar-refractivity contribution in [1.29, 1.82) is 0 Å². The summed E-state index contributed by atoms with van der Waals surface area (Å²) >= 11 is 0. The highest BCUT2D eigenvalue weighted by molar-refractivity contribution is 5.89. The molecule has 32 heavy (non-hydrogen) atoms. The lowest BCUT2D eigenvalue weighted by Crippen LogP contribution is -2.45. The zero-order valence-electron chi connectivity index (χ0n) is 19.5. The van der Waals surface area contributed by atoms with Crippen LogP contribution in [0.25, 0.3) is 10.9 Å². The van der Waals surface area contributed by atoms with Gasteiger partial charge in [-0.3, -0.25) is 4.90 Å². The van der Waals surface area contributed by atoms with Crippen molar-refractivity contribution in [3.05, 3.63) is 53.9 Å². The maximum Gasteiger partial charge on any atom is 0.161 e. The zero-order chi connectivity index (χ0) is 22.5. The molecule has 2 aromatic carbocycles. The lowest BCUT2D eigenvalue weighted by Gasteiger charge is -2.33. The molecular weight excluding hydrogens is 402 g/mol. The van der Waals surface area contributed by atoms with Crippen molar-refractivity contribution in [2.24, 2.45) is 0 Å². The zero-order valence-corrected chi connectivity index (χ0v) is 19.5. The van der Waals surface area contributed by atoms with Crippen molar-refractivity contribution >= 4 is 16.7 Å². The van der Waals surface area contributed by atoms with Gasteiger partial charge in [0, 0.05) is 45.2 Å². The highest BCUT2D eigenvalue weighted by atomic mass is 16.5. The maximum atomic E-state index is 5.48. The number of aromatic nitrogens is 2. The number of piperazine rings is 1. The highest BCUT2D eigenvalue weighted by Gasteiger charge is 2.19. The molecule has 0 unspecified atom stereocenters. The van der Waals surface area contributed by atoms with Gasteiger partial charge in [-0.05, 0) is 36.4 Å². The molecule has 170 valence electrons. The van der Waals surface area contributed by atoms with E-state index < -0.39 is 0 Å². The molecular formula is C25H33N5O2. The molecule has 0 aliphatic carbocycles. The van der Waals surface area contributed by atoms with E-state index in [1.165, 1.54) is 0 Å². The van der Waals surface area contributed by atoms with Gasteiger partial charge < -0.3 is 19.3 Å². The van der Waals surface area contributed by atoms with Crippen molar-refractivity contribution in [2.75, 3.05) is 58.9 Å². The van der Waals surface area contributed by atoms with Crippen LogP contribution in [0.15, 0.2) is 42.5 Å². The van der Waals surface area contributed by atoms with E-state index in [9.17, 15) is 0 Å². The Morgan fingerprint density at radius 3 is 2.34 bits per heavy atom. The Morgan fingerprint density at radius 2 is 1.62 bits per heavy atom. The first kappa shape index (κ1) is 22.3. The molecule has 0 N–H and O–H groups in total. The Hall–Kier alpha value is -2.90. The van der Waals surface area contributed by atoms with Crippen LogP contribution in [0, 0.1) is 0 Å². The first-order valence-corrected chi connectivity index (χ1v) is 11.2. The predicted molar refractivity (Wildman–Crippen MR) is 129 cm³/mol. The summed E-state index contributed by atoms with van der Waals surface area (Å²) in [6, 6.07) is 14.3. The van der Waals surface area contributed by atoms with Crippen LogP contribution in [0.1, 0.15) is 18.3 Å². The van der Waals surface area contributed by atoms with Gasteiger partial charge in [0.05, 0.1) is 26.3 Å². The lowest BCUT2D eigenvalue weighted by atomic mass is 10.1. The highest BCUT2D eigenvalue weighted by Crippen LogP contribution is 2.30. The normalized spacial score (nSPS) is 15.1. The summed E-state index contributed by atoms with van der Waals surface area (Å²) in [5, 5.41) is 1.06. The van der Waals surface area contributed by atoms with Gasteiger partial charge >= 0.3 is 0 Å². The van der Waals surface area contributed by atoms with Gasteiger partial charge in [0.25, 0.3) is 0 Å². The number of para-hydroxylation sites is 1. The molecule has 0 spiro atoms. The van der Waals surface area contributed by atoms with E-state index in [1.54, 1.807) is 14.2 Å². The number of hydrogen-bond donors (Lipinski definition) is 0. The van der Waals surface area contributed by atoms with Crippen LogP contribution in [0.2, 0.25) is 0 Å². The quantitative estimate of drug-likeness (QED) is 0.537. The predicted octanol–water partition coefficient (Wildman–Crippen LogP) is 3.42. The smallest absolute Gasteiger partial charge is 0.161 e. The molecule has 1 aliphatic rings. The number of ether oxygens (including phenoxy) is 2. The second kappa shape index (κ2) is 10.1. The van der Waals surface area contributed by atoms with Crippen LogP contribution in [0.4, 0.5) is 5.82 Å². The van der Waals surface area contributed by atoms with E-state index >= 15 is 0 Å². The van der Waals surface area contributed by atoms with E-state index in [1.807, 2.05) is 24.3 Å². The van der Waals surface area contributed by atoms with E-state index in [0.717, 1.165) is 78.9 Å². The van der Waals surface area contributed by atoms with Gasteiger partial charge in [-0.1, -0.05) is 25.1 Å². The molecule has 0 radical (unpaired) electrons. The molecule has 3 aromatic rings. The van der Waals surface area contributed by atoms with Gasteiger partial charge in [0.1, 0.15) is 11.6 Å². The molecule has 2 heterocycles. The summed E-state index contributed by atoms with van der Waals surface area (Å²) in [5.74, 6) is 3.30. The van der Waals surface area contributed by atoms with E-state index in [-0.39, 0.29) is 0 Å². The summed E-state index contributed by atoms with van der Waals surface area (Å²) < 4.78 is 10.8. The monoisotopic (exact) mass is 435 g/mol. The summed E-state index contributed by atoms with van der Waals surface area (Å²) in [4.78, 5) is 17.0. The van der Waals surface area contributed by atoms with Crippen LogP contribution in [-0.4, -0.2) is 73.8 Å². The van der Waals surface area contributed by atoms with E-state index in [4.69, 9.17) is 19.4 Å². The summed E-state index contributed by atoms with van der Waals surface area (Å²) in [6.45, 7) is 9.15. The largest absolute Gasteiger partial charge is 0.493 e. The minimum atomic E-state index is 0.704. The first-order valence-electron chi connectivity index (χ1n) is 11.2. The van der Waals surface area contributed by atoms with E-state index in [0.29, 0.717) is 6.54 Å². The Bertz CT molecular complexity index is 1050. The maximum absolute atomic E-state index is 5.48. The number of methoxy groups -OCH3 is 2. The third kappa shape index (κ3) is 4.95. The second-order valence-electron chi connectivity index (χ2n) is 8.24. The number of benzene rings is 2. The molecule has 0 amide bonds. The molecule has 4 rings (SSSR count). The molecule has 7 nitrogen and oxygen atoms in total. The minimum Gasteiger partial charge on any atom is -0.493 e. The first-order chi connectivity index (χ1) is 15.6. The van der Waals surface area contributed by atoms with Crippen LogP contribution >= 0.6 is 0 Å². The molecule has 0 atom stereocenters. The molecule has 1 aromatic heterocycles. The average molecular weight is 436 g/mol. The fourth-order valence-electron chi connectivity index (χ4n) is 4.26. The standard InChI is InChI=1S/C25H33N5O2/c1-5-29-12-14-30(15-13-29)18-24-26-21-9-7-6-8-20(21)25(27-24)28(2)17-19-10-11-22(31-3)23(16-19)32-4/h6-11,16H,5,12-15,17-18H2,1-4H3. The van der Waals surface area contributed by atoms with Crippen LogP contribution in [-0.2, 0) is 13.1 Å². The Morgan fingerprint density at radius 1 is 0.906 bits per heavy atom. The van der Waals surface area contributed by atoms with Crippen molar-refractivity contribution in [3.8, 4) is 11.5 Å². The Balaban J connectivity index is 1.58. The van der Waals surface area contributed by atoms with Gasteiger partial charge in [-0.25, -0.2) is 9.97 Å². The lowest BCUT2D eigenvalue weighted by molar-refractivity contribution is 0.129. The van der Waals surface area contributed by atoms with Crippen molar-refractivity contribution < 1.29 is 9.47 Å². The number of likely N-dealkylation sites (N-methyl/N-ethyl adjacent to an activating group) is 1. The molecule has 0 saturated carbocycles. The summed E-state index contributed by atoms with van der Waals surface area (Å²) in [5.41, 5.74) is 2.11. The van der Waals surface area contributed by atoms with Crippen LogP contribution in [0.5, 0.6) is 11.5 Å². The number of anilines is 1. The van der Waals surface area contributed by atoms with E-state index in [2.05, 4.69) is 46.9 Å². The number of rotatable bonds is 8. The Labute approximate surface area is 190 Å². The third-order valence-electron chi connectivity index (χ3n) is 6.14. The van der Waals surface area contributed by atoms with Gasteiger partial charge in [-0.2, -0.15) is 0 Å². The van der Waals surface area contributed by atoms with Gasteiger partial charge in [-0.15, -0.1) is 0 Å². The third-order valence-corrected chi connectivity index (χ3v) is 6.14. The summed E-state index contributed by atoms with van der Waals surface area (Å²) in [6.07, 6.45) is 0. The van der Waals surface area contributed by atoms with Crippen molar-refractivity contribution in [1.82, 2.24) is 19.8 Å². The summed E-state index contributed by atoms with van der Waals surface area (Å²) in [7, 11) is 5.39. The molecule has 1 fully saturated rings. The van der Waals surface area contributed by atoms with Crippen molar-refractivity contribution in [3.63, 3.8) is 0 Å². The number of fused-ring (bicyclic) bond motifs is 1. The SMILES string of the molecule is CCN1CCN(Cc2nc(N(C)Cc3ccc(OC)c(OC)c3)c3ccccc3n2)CC1. The number of hydrogen-bond acceptors (Lipinski definition) is 7. The molecule has 1 saturated heterocycles. The fourth-order valence-corrected chi connectivity index (χ4v) is 4.26. The fraction of sp³-hybridized carbons (Fsp3) is 0.440.